The van der Waals surface area contributed by atoms with E-state index < -0.39 is 50.6 Å². The van der Waals surface area contributed by atoms with E-state index in [0.717, 1.165) is 5.56 Å². The number of hydrogen-bond donors (Lipinski definition) is 0. The Labute approximate surface area is 156 Å². The van der Waals surface area contributed by atoms with Gasteiger partial charge in [-0.1, -0.05) is 29.8 Å². The van der Waals surface area contributed by atoms with E-state index >= 15 is 0 Å². The van der Waals surface area contributed by atoms with Crippen molar-refractivity contribution in [3.05, 3.63) is 35.4 Å². The summed E-state index contributed by atoms with van der Waals surface area (Å²) in [6.45, 7) is -1.17. The number of hydrogen-bond acceptors (Lipinski definition) is 7. The topological polar surface area (TPSA) is 96.0 Å². The SMILES string of the molecule is Cc1ccc(COCC(COS(=O)(=O)C(F)(F)F)OS(=O)(=O)C(F)(F)F)cc1. The molecule has 0 spiro atoms. The Hall–Kier alpha value is -1.42. The van der Waals surface area contributed by atoms with E-state index in [4.69, 9.17) is 4.74 Å². The van der Waals surface area contributed by atoms with Gasteiger partial charge in [-0.15, -0.1) is 0 Å². The van der Waals surface area contributed by atoms with Gasteiger partial charge in [-0.25, -0.2) is 0 Å². The lowest BCUT2D eigenvalue weighted by Gasteiger charge is -2.19. The maximum absolute atomic E-state index is 12.4. The highest BCUT2D eigenvalue weighted by molar-refractivity contribution is 7.88. The summed E-state index contributed by atoms with van der Waals surface area (Å²) in [6, 6.07) is 6.48. The van der Waals surface area contributed by atoms with Crippen molar-refractivity contribution in [3.8, 4) is 0 Å². The Morgan fingerprint density at radius 1 is 0.857 bits per heavy atom. The molecule has 0 aliphatic rings. The van der Waals surface area contributed by atoms with Crippen LogP contribution in [0.3, 0.4) is 0 Å². The van der Waals surface area contributed by atoms with E-state index in [9.17, 15) is 43.2 Å². The lowest BCUT2D eigenvalue weighted by Crippen LogP contribution is -2.37. The van der Waals surface area contributed by atoms with Gasteiger partial charge in [-0.2, -0.15) is 43.2 Å². The molecule has 0 bridgehead atoms. The first-order valence-corrected chi connectivity index (χ1v) is 9.95. The van der Waals surface area contributed by atoms with Crippen LogP contribution in [0.15, 0.2) is 24.3 Å². The predicted octanol–water partition coefficient (Wildman–Crippen LogP) is 2.61. The molecule has 0 saturated carbocycles. The summed E-state index contributed by atoms with van der Waals surface area (Å²) >= 11 is 0. The number of alkyl halides is 6. The van der Waals surface area contributed by atoms with Gasteiger partial charge < -0.3 is 4.74 Å². The quantitative estimate of drug-likeness (QED) is 0.318. The van der Waals surface area contributed by atoms with Crippen molar-refractivity contribution in [2.75, 3.05) is 13.2 Å². The van der Waals surface area contributed by atoms with E-state index in [1.165, 1.54) is 0 Å². The Kier molecular flexibility index (Phi) is 7.86. The first kappa shape index (κ1) is 24.6. The summed E-state index contributed by atoms with van der Waals surface area (Å²) < 4.78 is 130. The van der Waals surface area contributed by atoms with E-state index in [2.05, 4.69) is 8.37 Å². The number of halogens is 6. The number of rotatable bonds is 9. The number of aryl methyl sites for hydroxylation is 1. The molecule has 1 aromatic carbocycles. The predicted molar refractivity (Wildman–Crippen MR) is 81.6 cm³/mol. The fourth-order valence-corrected chi connectivity index (χ4v) is 2.61. The molecule has 162 valence electrons. The first-order chi connectivity index (χ1) is 12.6. The Morgan fingerprint density at radius 3 is 1.82 bits per heavy atom. The molecule has 28 heavy (non-hydrogen) atoms. The van der Waals surface area contributed by atoms with Crippen LogP contribution in [0, 0.1) is 6.92 Å². The molecule has 1 rings (SSSR count). The smallest absolute Gasteiger partial charge is 0.374 e. The minimum atomic E-state index is -6.24. The molecule has 0 saturated heterocycles. The van der Waals surface area contributed by atoms with Crippen molar-refractivity contribution in [2.45, 2.75) is 30.7 Å². The molecule has 0 amide bonds. The van der Waals surface area contributed by atoms with Crippen LogP contribution >= 0.6 is 0 Å². The number of benzene rings is 1. The third kappa shape index (κ3) is 7.20. The van der Waals surface area contributed by atoms with E-state index in [1.807, 2.05) is 0 Å². The summed E-state index contributed by atoms with van der Waals surface area (Å²) in [7, 11) is -12.4. The summed E-state index contributed by atoms with van der Waals surface area (Å²) in [4.78, 5) is 0. The van der Waals surface area contributed by atoms with Crippen LogP contribution in [0.2, 0.25) is 0 Å². The average Bonchev–Trinajstić information content (AvgIpc) is 2.52. The fourth-order valence-electron chi connectivity index (χ4n) is 1.56. The van der Waals surface area contributed by atoms with E-state index in [1.54, 1.807) is 31.2 Å². The molecule has 1 aromatic rings. The molecule has 0 N–H and O–H groups in total. The summed E-state index contributed by atoms with van der Waals surface area (Å²) in [6.07, 6.45) is -2.31. The van der Waals surface area contributed by atoms with Gasteiger partial charge in [0.05, 0.1) is 19.8 Å². The third-order valence-electron chi connectivity index (χ3n) is 2.93. The van der Waals surface area contributed by atoms with Crippen LogP contribution in [0.1, 0.15) is 11.1 Å². The molecule has 15 heteroatoms. The van der Waals surface area contributed by atoms with Crippen LogP contribution in [0.5, 0.6) is 0 Å². The van der Waals surface area contributed by atoms with Gasteiger partial charge in [-0.05, 0) is 12.5 Å². The summed E-state index contributed by atoms with van der Waals surface area (Å²) in [5, 5.41) is 0. The number of ether oxygens (including phenoxy) is 1. The molecule has 0 aliphatic carbocycles. The highest BCUT2D eigenvalue weighted by Crippen LogP contribution is 2.28. The molecule has 0 aliphatic heterocycles. The Bertz CT molecular complexity index is 845. The van der Waals surface area contributed by atoms with Gasteiger partial charge in [0.2, 0.25) is 0 Å². The van der Waals surface area contributed by atoms with Crippen LogP contribution in [0.25, 0.3) is 0 Å². The standard InChI is InChI=1S/C13H14F6O7S2/c1-9-2-4-10(5-3-9)6-24-7-11(26-28(22,23)13(17,18)19)8-25-27(20,21)12(14,15)16/h2-5,11H,6-8H2,1H3. The Balaban J connectivity index is 2.84. The van der Waals surface area contributed by atoms with Crippen molar-refractivity contribution in [3.63, 3.8) is 0 Å². The molecule has 1 unspecified atom stereocenters. The van der Waals surface area contributed by atoms with Crippen LogP contribution in [0.4, 0.5) is 26.3 Å². The zero-order chi connectivity index (χ0) is 21.8. The van der Waals surface area contributed by atoms with Gasteiger partial charge in [0, 0.05) is 0 Å². The largest absolute Gasteiger partial charge is 0.523 e. The Morgan fingerprint density at radius 2 is 1.36 bits per heavy atom. The average molecular weight is 460 g/mol. The van der Waals surface area contributed by atoms with Gasteiger partial charge in [0.1, 0.15) is 6.10 Å². The van der Waals surface area contributed by atoms with Crippen molar-refractivity contribution in [1.29, 1.82) is 0 Å². The van der Waals surface area contributed by atoms with Gasteiger partial charge in [0.25, 0.3) is 0 Å². The highest BCUT2D eigenvalue weighted by Gasteiger charge is 2.50. The van der Waals surface area contributed by atoms with Crippen LogP contribution < -0.4 is 0 Å². The molecular formula is C13H14F6O7S2. The zero-order valence-corrected chi connectivity index (χ0v) is 15.6. The third-order valence-corrected chi connectivity index (χ3v) is 5.04. The van der Waals surface area contributed by atoms with Crippen molar-refractivity contribution in [2.24, 2.45) is 0 Å². The summed E-state index contributed by atoms with van der Waals surface area (Å²) in [5.74, 6) is 0. The molecule has 0 radical (unpaired) electrons. The second-order valence-corrected chi connectivity index (χ2v) is 8.47. The van der Waals surface area contributed by atoms with Gasteiger partial charge in [0.15, 0.2) is 0 Å². The molecular weight excluding hydrogens is 446 g/mol. The molecule has 0 aromatic heterocycles. The van der Waals surface area contributed by atoms with Crippen molar-refractivity contribution in [1.82, 2.24) is 0 Å². The van der Waals surface area contributed by atoms with Crippen molar-refractivity contribution >= 4 is 20.2 Å². The molecule has 0 heterocycles. The minimum absolute atomic E-state index is 0.266. The normalized spacial score (nSPS) is 14.8. The fraction of sp³-hybridized carbons (Fsp3) is 0.538. The lowest BCUT2D eigenvalue weighted by atomic mass is 10.2. The molecule has 1 atom stereocenters. The first-order valence-electron chi connectivity index (χ1n) is 7.14. The van der Waals surface area contributed by atoms with Gasteiger partial charge in [-0.3, -0.25) is 8.37 Å². The maximum atomic E-state index is 12.4. The lowest BCUT2D eigenvalue weighted by molar-refractivity contribution is -0.0686. The maximum Gasteiger partial charge on any atom is 0.523 e. The van der Waals surface area contributed by atoms with Crippen molar-refractivity contribution < 1.29 is 56.3 Å². The monoisotopic (exact) mass is 460 g/mol. The molecule has 7 nitrogen and oxygen atoms in total. The second kappa shape index (κ2) is 8.94. The van der Waals surface area contributed by atoms with Crippen LogP contribution in [-0.4, -0.2) is 47.2 Å². The zero-order valence-electron chi connectivity index (χ0n) is 14.0. The van der Waals surface area contributed by atoms with Crippen LogP contribution in [-0.2, 0) is 39.9 Å². The van der Waals surface area contributed by atoms with E-state index in [0.29, 0.717) is 5.56 Å². The van der Waals surface area contributed by atoms with Gasteiger partial charge >= 0.3 is 31.3 Å². The summed E-state index contributed by atoms with van der Waals surface area (Å²) in [5.41, 5.74) is -10.4. The molecule has 0 fully saturated rings. The second-order valence-electron chi connectivity index (χ2n) is 5.30. The van der Waals surface area contributed by atoms with E-state index in [-0.39, 0.29) is 6.61 Å². The highest BCUT2D eigenvalue weighted by atomic mass is 32.2. The minimum Gasteiger partial charge on any atom is -0.374 e.